The second-order valence-electron chi connectivity index (χ2n) is 12.0. The molecule has 2 aromatic rings. The minimum Gasteiger partial charge on any atom is -0.328 e. The van der Waals surface area contributed by atoms with Gasteiger partial charge in [-0.3, -0.25) is 4.99 Å². The number of hydrogen-bond donors (Lipinski definition) is 1. The maximum absolute atomic E-state index is 14.1. The van der Waals surface area contributed by atoms with Crippen LogP contribution in [0.3, 0.4) is 0 Å². The van der Waals surface area contributed by atoms with Crippen molar-refractivity contribution in [3.8, 4) is 0 Å². The highest BCUT2D eigenvalue weighted by molar-refractivity contribution is 7.12. The molecule has 5 rings (SSSR count). The van der Waals surface area contributed by atoms with Crippen molar-refractivity contribution in [3.05, 3.63) is 104 Å². The molecular formula is C35H38ClF5N4S. The van der Waals surface area contributed by atoms with Crippen molar-refractivity contribution in [1.82, 2.24) is 10.2 Å². The van der Waals surface area contributed by atoms with Crippen LogP contribution in [0.1, 0.15) is 62.4 Å². The third-order valence-electron chi connectivity index (χ3n) is 8.47. The number of nitrogens with one attached hydrogen (secondary N) is 1. The maximum atomic E-state index is 14.1. The fourth-order valence-corrected chi connectivity index (χ4v) is 7.27. The highest BCUT2D eigenvalue weighted by Gasteiger charge is 2.42. The van der Waals surface area contributed by atoms with Crippen molar-refractivity contribution in [3.63, 3.8) is 0 Å². The van der Waals surface area contributed by atoms with Crippen LogP contribution in [0.4, 0.5) is 22.0 Å². The Kier molecular flexibility index (Phi) is 11.0. The number of aliphatic imine (C=N–C) groups is 2. The first-order chi connectivity index (χ1) is 22.0. The van der Waals surface area contributed by atoms with E-state index in [0.717, 1.165) is 22.0 Å². The largest absolute Gasteiger partial charge is 0.395 e. The van der Waals surface area contributed by atoms with E-state index in [9.17, 15) is 22.0 Å². The summed E-state index contributed by atoms with van der Waals surface area (Å²) in [4.78, 5) is 13.1. The third-order valence-corrected chi connectivity index (χ3v) is 9.66. The van der Waals surface area contributed by atoms with E-state index in [1.54, 1.807) is 23.5 Å². The molecule has 0 amide bonds. The number of benzene rings is 1. The van der Waals surface area contributed by atoms with Crippen LogP contribution < -0.4 is 5.32 Å². The monoisotopic (exact) mass is 676 g/mol. The van der Waals surface area contributed by atoms with Crippen LogP contribution in [0.25, 0.3) is 0 Å². The molecule has 4 nitrogen and oxygen atoms in total. The minimum atomic E-state index is -4.29. The average molecular weight is 677 g/mol. The molecule has 3 aliphatic heterocycles. The molecule has 4 atom stereocenters. The van der Waals surface area contributed by atoms with E-state index in [2.05, 4.69) is 16.8 Å². The van der Waals surface area contributed by atoms with Crippen molar-refractivity contribution in [2.75, 3.05) is 19.6 Å². The van der Waals surface area contributed by atoms with Gasteiger partial charge in [0.05, 0.1) is 22.2 Å². The summed E-state index contributed by atoms with van der Waals surface area (Å²) in [6.07, 6.45) is 1.75. The van der Waals surface area contributed by atoms with Crippen LogP contribution in [0, 0.1) is 17.7 Å². The molecule has 11 heteroatoms. The molecule has 4 heterocycles. The van der Waals surface area contributed by atoms with Crippen molar-refractivity contribution < 1.29 is 22.0 Å². The van der Waals surface area contributed by atoms with Gasteiger partial charge in [-0.2, -0.15) is 13.2 Å². The lowest BCUT2D eigenvalue weighted by molar-refractivity contribution is -0.166. The van der Waals surface area contributed by atoms with Crippen molar-refractivity contribution >= 4 is 34.5 Å². The van der Waals surface area contributed by atoms with Crippen LogP contribution in [-0.4, -0.2) is 48.4 Å². The Morgan fingerprint density at radius 2 is 2.07 bits per heavy atom. The maximum Gasteiger partial charge on any atom is 0.395 e. The van der Waals surface area contributed by atoms with Crippen LogP contribution in [0.5, 0.6) is 0 Å². The molecule has 0 saturated carbocycles. The molecule has 3 aliphatic rings. The Labute approximate surface area is 276 Å². The number of amidine groups is 1. The van der Waals surface area contributed by atoms with Crippen LogP contribution in [0.15, 0.2) is 93.0 Å². The summed E-state index contributed by atoms with van der Waals surface area (Å²) < 4.78 is 68.9. The van der Waals surface area contributed by atoms with Crippen LogP contribution in [-0.2, 0) is 0 Å². The van der Waals surface area contributed by atoms with Gasteiger partial charge in [-0.15, -0.1) is 11.3 Å². The number of alkyl halides is 4. The van der Waals surface area contributed by atoms with Gasteiger partial charge in [-0.05, 0) is 80.5 Å². The van der Waals surface area contributed by atoms with E-state index in [1.807, 2.05) is 30.5 Å². The van der Waals surface area contributed by atoms with Gasteiger partial charge in [-0.25, -0.2) is 13.8 Å². The Bertz CT molecular complexity index is 1570. The molecule has 1 unspecified atom stereocenters. The molecule has 0 radical (unpaired) electrons. The average Bonchev–Trinajstić information content (AvgIpc) is 3.75. The second-order valence-corrected chi connectivity index (χ2v) is 13.3. The summed E-state index contributed by atoms with van der Waals surface area (Å²) in [5.41, 5.74) is 3.81. The number of halogens is 6. The molecule has 0 spiro atoms. The first-order valence-electron chi connectivity index (χ1n) is 15.6. The quantitative estimate of drug-likeness (QED) is 0.130. The van der Waals surface area contributed by atoms with E-state index in [1.165, 1.54) is 25.1 Å². The Morgan fingerprint density at radius 1 is 1.26 bits per heavy atom. The lowest BCUT2D eigenvalue weighted by Gasteiger charge is -2.33. The number of unbranched alkanes of at least 4 members (excludes halogenated alkanes) is 1. The normalized spacial score (nSPS) is 21.9. The predicted molar refractivity (Wildman–Crippen MR) is 178 cm³/mol. The highest BCUT2D eigenvalue weighted by Crippen LogP contribution is 2.45. The van der Waals surface area contributed by atoms with Crippen molar-refractivity contribution in [1.29, 1.82) is 0 Å². The number of hydrogen-bond acceptors (Lipinski definition) is 5. The Morgan fingerprint density at radius 3 is 2.74 bits per heavy atom. The first kappa shape index (κ1) is 34.3. The van der Waals surface area contributed by atoms with Gasteiger partial charge in [0.1, 0.15) is 23.9 Å². The molecular weight excluding hydrogens is 639 g/mol. The topological polar surface area (TPSA) is 40.0 Å². The third kappa shape index (κ3) is 7.89. The number of fused-ring (bicyclic) bond motifs is 1. The zero-order valence-corrected chi connectivity index (χ0v) is 27.5. The van der Waals surface area contributed by atoms with E-state index in [-0.39, 0.29) is 29.4 Å². The molecule has 1 aromatic carbocycles. The lowest BCUT2D eigenvalue weighted by Crippen LogP contribution is -2.35. The van der Waals surface area contributed by atoms with E-state index < -0.39 is 30.1 Å². The fourth-order valence-electron chi connectivity index (χ4n) is 6.27. The highest BCUT2D eigenvalue weighted by atomic mass is 35.5. The van der Waals surface area contributed by atoms with Gasteiger partial charge in [0, 0.05) is 34.9 Å². The Hall–Kier alpha value is -3.08. The van der Waals surface area contributed by atoms with Crippen molar-refractivity contribution in [2.45, 2.75) is 64.3 Å². The SMILES string of the molecule is C=C(CCNC[C@H]1CC2=C(C3=N/C(=C/C(C)F)C=C3)[C@H](c3ccc(F)cc3Cl)N=C(c3cccs3)N2C1)[C@@H](CCCC)C(F)(F)F. The molecule has 1 aromatic heterocycles. The minimum absolute atomic E-state index is 0.0664. The van der Waals surface area contributed by atoms with Crippen LogP contribution in [0.2, 0.25) is 5.02 Å². The standard InChI is InChI=1S/C35H38ClF5N4S/c1-4-5-7-27(35(39,40)41)21(2)13-14-42-19-23-17-30-32(29-12-10-25(43-29)16-22(3)37)33(26-11-9-24(38)18-28(26)36)44-34(45(30)20-23)31-8-6-15-46-31/h6,8-12,15-16,18,22-23,27,33,42H,2,4-5,7,13-14,17,19-20H2,1,3H3/b25-16+/t22?,23-,27-,33+/m1/s1. The fraction of sp³-hybridized carbons (Fsp3) is 0.429. The van der Waals surface area contributed by atoms with Crippen LogP contribution >= 0.6 is 22.9 Å². The summed E-state index contributed by atoms with van der Waals surface area (Å²) in [6, 6.07) is 7.65. The summed E-state index contributed by atoms with van der Waals surface area (Å²) >= 11 is 8.17. The molecule has 0 bridgehead atoms. The summed E-state index contributed by atoms with van der Waals surface area (Å²) in [7, 11) is 0. The Balaban J connectivity index is 1.43. The first-order valence-corrected chi connectivity index (χ1v) is 16.9. The molecule has 246 valence electrons. The van der Waals surface area contributed by atoms with Gasteiger partial charge < -0.3 is 10.2 Å². The number of thiophene rings is 1. The summed E-state index contributed by atoms with van der Waals surface area (Å²) in [5.74, 6) is -1.04. The molecule has 1 N–H and O–H groups in total. The molecule has 0 aliphatic carbocycles. The molecule has 1 saturated heterocycles. The van der Waals surface area contributed by atoms with Gasteiger partial charge in [0.2, 0.25) is 0 Å². The van der Waals surface area contributed by atoms with E-state index >= 15 is 0 Å². The number of allylic oxidation sites excluding steroid dienone is 4. The second kappa shape index (κ2) is 14.8. The van der Waals surface area contributed by atoms with Gasteiger partial charge >= 0.3 is 6.18 Å². The smallest absolute Gasteiger partial charge is 0.328 e. The molecule has 46 heavy (non-hydrogen) atoms. The zero-order valence-electron chi connectivity index (χ0n) is 25.9. The molecule has 1 fully saturated rings. The van der Waals surface area contributed by atoms with Gasteiger partial charge in [0.25, 0.3) is 0 Å². The zero-order chi connectivity index (χ0) is 33.0. The van der Waals surface area contributed by atoms with E-state index in [0.29, 0.717) is 55.9 Å². The van der Waals surface area contributed by atoms with Crippen molar-refractivity contribution in [2.24, 2.45) is 21.8 Å². The number of nitrogens with zero attached hydrogens (tertiary/aromatic N) is 3. The van der Waals surface area contributed by atoms with Gasteiger partial charge in [0.15, 0.2) is 0 Å². The number of rotatable bonds is 13. The van der Waals surface area contributed by atoms with Gasteiger partial charge in [-0.1, -0.05) is 55.7 Å². The summed E-state index contributed by atoms with van der Waals surface area (Å²) in [5, 5.41) is 5.60. The van der Waals surface area contributed by atoms with E-state index in [4.69, 9.17) is 21.6 Å². The lowest BCUT2D eigenvalue weighted by atomic mass is 9.90. The predicted octanol–water partition coefficient (Wildman–Crippen LogP) is 9.78. The summed E-state index contributed by atoms with van der Waals surface area (Å²) in [6.45, 7) is 8.73.